The van der Waals surface area contributed by atoms with Gasteiger partial charge in [-0.15, -0.1) is 0 Å². The van der Waals surface area contributed by atoms with Gasteiger partial charge in [-0.2, -0.15) is 0 Å². The van der Waals surface area contributed by atoms with E-state index in [1.807, 2.05) is 30.3 Å². The van der Waals surface area contributed by atoms with Crippen LogP contribution in [0.5, 0.6) is 0 Å². The van der Waals surface area contributed by atoms with Crippen molar-refractivity contribution < 1.29 is 4.42 Å². The van der Waals surface area contributed by atoms with Gasteiger partial charge in [-0.1, -0.05) is 11.6 Å². The molecule has 0 aliphatic carbocycles. The molecule has 3 rings (SSSR count). The van der Waals surface area contributed by atoms with E-state index in [9.17, 15) is 0 Å². The van der Waals surface area contributed by atoms with E-state index < -0.39 is 0 Å². The summed E-state index contributed by atoms with van der Waals surface area (Å²) in [5.41, 5.74) is 9.62. The molecule has 0 radical (unpaired) electrons. The number of pyridine rings is 1. The van der Waals surface area contributed by atoms with Gasteiger partial charge in [-0.05, 0) is 42.8 Å². The maximum Gasteiger partial charge on any atom is 0.153 e. The van der Waals surface area contributed by atoms with E-state index in [2.05, 4.69) is 18.0 Å². The fourth-order valence-corrected chi connectivity index (χ4v) is 2.03. The molecule has 0 bridgehead atoms. The normalized spacial score (nSPS) is 11.0. The number of nitrogens with two attached hydrogens (primary N) is 1. The molecule has 2 aromatic heterocycles. The number of aromatic nitrogens is 1. The van der Waals surface area contributed by atoms with Gasteiger partial charge in [-0.25, -0.2) is 0 Å². The van der Waals surface area contributed by atoms with Crippen molar-refractivity contribution in [2.45, 2.75) is 13.5 Å². The Morgan fingerprint density at radius 1 is 1.17 bits per heavy atom. The molecule has 18 heavy (non-hydrogen) atoms. The second kappa shape index (κ2) is 4.27. The zero-order chi connectivity index (χ0) is 12.5. The molecular formula is C15H14N2O. The van der Waals surface area contributed by atoms with E-state index in [0.717, 1.165) is 28.0 Å². The minimum atomic E-state index is 0.509. The van der Waals surface area contributed by atoms with E-state index in [0.29, 0.717) is 6.54 Å². The first-order valence-corrected chi connectivity index (χ1v) is 5.92. The van der Waals surface area contributed by atoms with Crippen molar-refractivity contribution in [3.8, 4) is 11.5 Å². The smallest absolute Gasteiger partial charge is 0.153 e. The molecule has 3 nitrogen and oxygen atoms in total. The molecule has 3 aromatic rings. The highest BCUT2D eigenvalue weighted by Crippen LogP contribution is 2.27. The van der Waals surface area contributed by atoms with Gasteiger partial charge in [0.05, 0.1) is 0 Å². The van der Waals surface area contributed by atoms with Crippen LogP contribution < -0.4 is 5.73 Å². The molecule has 0 spiro atoms. The Bertz CT molecular complexity index is 701. The summed E-state index contributed by atoms with van der Waals surface area (Å²) in [7, 11) is 0. The number of benzene rings is 1. The predicted octanol–water partition coefficient (Wildman–Crippen LogP) is 3.26. The quantitative estimate of drug-likeness (QED) is 0.745. The number of hydrogen-bond donors (Lipinski definition) is 1. The molecule has 0 saturated carbocycles. The number of nitrogens with zero attached hydrogens (tertiary/aromatic N) is 1. The van der Waals surface area contributed by atoms with E-state index in [4.69, 9.17) is 10.2 Å². The SMILES string of the molecule is Cc1ccc2oc(-c3cc(CN)ccn3)cc2c1. The Morgan fingerprint density at radius 2 is 2.06 bits per heavy atom. The standard InChI is InChI=1S/C15H14N2O/c1-10-2-3-14-12(6-10)8-15(18-14)13-7-11(9-16)4-5-17-13/h2-8H,9,16H2,1H3. The highest BCUT2D eigenvalue weighted by Gasteiger charge is 2.07. The summed E-state index contributed by atoms with van der Waals surface area (Å²) < 4.78 is 5.81. The summed E-state index contributed by atoms with van der Waals surface area (Å²) in [5, 5.41) is 1.10. The molecule has 3 heteroatoms. The highest BCUT2D eigenvalue weighted by atomic mass is 16.3. The fourth-order valence-electron chi connectivity index (χ4n) is 2.03. The largest absolute Gasteiger partial charge is 0.454 e. The van der Waals surface area contributed by atoms with Crippen LogP contribution >= 0.6 is 0 Å². The maximum atomic E-state index is 5.81. The van der Waals surface area contributed by atoms with E-state index in [1.165, 1.54) is 5.56 Å². The lowest BCUT2D eigenvalue weighted by molar-refractivity contribution is 0.628. The van der Waals surface area contributed by atoms with Crippen LogP contribution in [0.25, 0.3) is 22.4 Å². The molecule has 0 fully saturated rings. The van der Waals surface area contributed by atoms with Gasteiger partial charge in [0.15, 0.2) is 5.76 Å². The number of aryl methyl sites for hydroxylation is 1. The minimum absolute atomic E-state index is 0.509. The van der Waals surface area contributed by atoms with E-state index in [-0.39, 0.29) is 0 Å². The molecular weight excluding hydrogens is 224 g/mol. The van der Waals surface area contributed by atoms with Gasteiger partial charge in [0.25, 0.3) is 0 Å². The second-order valence-corrected chi connectivity index (χ2v) is 4.41. The lowest BCUT2D eigenvalue weighted by Gasteiger charge is -1.98. The van der Waals surface area contributed by atoms with Crippen molar-refractivity contribution in [1.82, 2.24) is 4.98 Å². The van der Waals surface area contributed by atoms with Gasteiger partial charge < -0.3 is 10.2 Å². The van der Waals surface area contributed by atoms with Crippen molar-refractivity contribution in [2.24, 2.45) is 5.73 Å². The van der Waals surface area contributed by atoms with Crippen molar-refractivity contribution in [2.75, 3.05) is 0 Å². The van der Waals surface area contributed by atoms with Crippen LogP contribution in [0.15, 0.2) is 47.0 Å². The third-order valence-electron chi connectivity index (χ3n) is 2.98. The Kier molecular flexibility index (Phi) is 2.61. The molecule has 2 N–H and O–H groups in total. The van der Waals surface area contributed by atoms with Gasteiger partial charge in [-0.3, -0.25) is 4.98 Å². The Labute approximate surface area is 105 Å². The van der Waals surface area contributed by atoms with Crippen molar-refractivity contribution in [3.63, 3.8) is 0 Å². The molecule has 0 aliphatic heterocycles. The summed E-state index contributed by atoms with van der Waals surface area (Å²) in [6.45, 7) is 2.58. The van der Waals surface area contributed by atoms with Crippen LogP contribution in [0.1, 0.15) is 11.1 Å². The minimum Gasteiger partial charge on any atom is -0.454 e. The van der Waals surface area contributed by atoms with E-state index in [1.54, 1.807) is 6.20 Å². The van der Waals surface area contributed by atoms with Crippen LogP contribution in [-0.2, 0) is 6.54 Å². The molecule has 0 aliphatic rings. The summed E-state index contributed by atoms with van der Waals surface area (Å²) in [5.74, 6) is 0.783. The Balaban J connectivity index is 2.13. The number of hydrogen-bond acceptors (Lipinski definition) is 3. The van der Waals surface area contributed by atoms with Crippen LogP contribution in [0.3, 0.4) is 0 Å². The van der Waals surface area contributed by atoms with Crippen molar-refractivity contribution in [1.29, 1.82) is 0 Å². The topological polar surface area (TPSA) is 52.0 Å². The second-order valence-electron chi connectivity index (χ2n) is 4.41. The van der Waals surface area contributed by atoms with Crippen LogP contribution in [0, 0.1) is 6.92 Å². The van der Waals surface area contributed by atoms with E-state index >= 15 is 0 Å². The monoisotopic (exact) mass is 238 g/mol. The number of fused-ring (bicyclic) bond motifs is 1. The molecule has 2 heterocycles. The third kappa shape index (κ3) is 1.89. The van der Waals surface area contributed by atoms with Gasteiger partial charge in [0, 0.05) is 18.1 Å². The number of furan rings is 1. The summed E-state index contributed by atoms with van der Waals surface area (Å²) >= 11 is 0. The molecule has 0 amide bonds. The summed E-state index contributed by atoms with van der Waals surface area (Å²) in [6.07, 6.45) is 1.76. The number of rotatable bonds is 2. The third-order valence-corrected chi connectivity index (χ3v) is 2.98. The summed E-state index contributed by atoms with van der Waals surface area (Å²) in [6, 6.07) is 12.0. The fraction of sp³-hybridized carbons (Fsp3) is 0.133. The lowest BCUT2D eigenvalue weighted by Crippen LogP contribution is -1.96. The summed E-state index contributed by atoms with van der Waals surface area (Å²) in [4.78, 5) is 4.33. The predicted molar refractivity (Wildman–Crippen MR) is 72.1 cm³/mol. The molecule has 1 aromatic carbocycles. The van der Waals surface area contributed by atoms with Crippen LogP contribution in [-0.4, -0.2) is 4.98 Å². The first kappa shape index (κ1) is 11.0. The molecule has 0 saturated heterocycles. The van der Waals surface area contributed by atoms with Gasteiger partial charge in [0.2, 0.25) is 0 Å². The zero-order valence-electron chi connectivity index (χ0n) is 10.2. The van der Waals surface area contributed by atoms with Crippen LogP contribution in [0.2, 0.25) is 0 Å². The van der Waals surface area contributed by atoms with Gasteiger partial charge in [0.1, 0.15) is 11.3 Å². The van der Waals surface area contributed by atoms with Crippen molar-refractivity contribution >= 4 is 11.0 Å². The molecule has 0 unspecified atom stereocenters. The first-order valence-electron chi connectivity index (χ1n) is 5.92. The lowest BCUT2D eigenvalue weighted by atomic mass is 10.1. The highest BCUT2D eigenvalue weighted by molar-refractivity contribution is 5.82. The van der Waals surface area contributed by atoms with Crippen molar-refractivity contribution in [3.05, 3.63) is 53.7 Å². The molecule has 90 valence electrons. The average Bonchev–Trinajstić information content (AvgIpc) is 2.81. The average molecular weight is 238 g/mol. The molecule has 0 atom stereocenters. The Hall–Kier alpha value is -2.13. The first-order chi connectivity index (χ1) is 8.76. The van der Waals surface area contributed by atoms with Crippen LogP contribution in [0.4, 0.5) is 0 Å². The zero-order valence-corrected chi connectivity index (χ0v) is 10.2. The Morgan fingerprint density at radius 3 is 2.89 bits per heavy atom. The van der Waals surface area contributed by atoms with Gasteiger partial charge >= 0.3 is 0 Å². The maximum absolute atomic E-state index is 5.81.